The molecule has 0 saturated heterocycles. The smallest absolute Gasteiger partial charge is 0.123 e. The summed E-state index contributed by atoms with van der Waals surface area (Å²) in [6.45, 7) is 5.88. The molecule has 0 spiro atoms. The van der Waals surface area contributed by atoms with Crippen molar-refractivity contribution in [3.8, 4) is 0 Å². The molecule has 1 aromatic rings. The summed E-state index contributed by atoms with van der Waals surface area (Å²) in [6.07, 6.45) is 2.51. The molecule has 1 atom stereocenters. The molecule has 3 heteroatoms. The molecule has 1 aliphatic carbocycles. The van der Waals surface area contributed by atoms with Crippen LogP contribution in [0, 0.1) is 11.7 Å². The van der Waals surface area contributed by atoms with E-state index in [2.05, 4.69) is 18.7 Å². The number of nitrogens with two attached hydrogens (primary N) is 1. The summed E-state index contributed by atoms with van der Waals surface area (Å²) >= 11 is 0. The van der Waals surface area contributed by atoms with Gasteiger partial charge in [-0.25, -0.2) is 4.39 Å². The van der Waals surface area contributed by atoms with E-state index in [9.17, 15) is 4.39 Å². The van der Waals surface area contributed by atoms with Gasteiger partial charge in [0.25, 0.3) is 0 Å². The Bertz CT molecular complexity index is 372. The molecule has 2 N–H and O–H groups in total. The van der Waals surface area contributed by atoms with E-state index in [0.717, 1.165) is 12.2 Å². The third-order valence-electron chi connectivity index (χ3n) is 3.94. The maximum Gasteiger partial charge on any atom is 0.123 e. The van der Waals surface area contributed by atoms with E-state index in [4.69, 9.17) is 5.73 Å². The van der Waals surface area contributed by atoms with Crippen LogP contribution in [0.5, 0.6) is 0 Å². The number of hydrogen-bond donors (Lipinski definition) is 1. The molecule has 2 nitrogen and oxygen atoms in total. The lowest BCUT2D eigenvalue weighted by atomic mass is 9.92. The minimum absolute atomic E-state index is 0.00653. The van der Waals surface area contributed by atoms with Crippen molar-refractivity contribution < 1.29 is 4.39 Å². The van der Waals surface area contributed by atoms with Crippen LogP contribution in [-0.2, 0) is 0 Å². The number of anilines is 1. The molecular formula is C14H21FN2. The average Bonchev–Trinajstić information content (AvgIpc) is 3.16. The molecular weight excluding hydrogens is 215 g/mol. The van der Waals surface area contributed by atoms with Crippen LogP contribution in [0.25, 0.3) is 0 Å². The van der Waals surface area contributed by atoms with E-state index in [1.54, 1.807) is 0 Å². The van der Waals surface area contributed by atoms with Gasteiger partial charge < -0.3 is 10.6 Å². The van der Waals surface area contributed by atoms with Gasteiger partial charge in [0.2, 0.25) is 0 Å². The molecule has 0 radical (unpaired) electrons. The largest absolute Gasteiger partial charge is 0.365 e. The normalized spacial score (nSPS) is 18.8. The molecule has 0 aliphatic heterocycles. The standard InChI is InChI=1S/C14H21FN2/c1-3-17(13-8-6-12(15)7-9-13)14(2,10-16)11-4-5-11/h6-9,11H,3-5,10,16H2,1-2H3. The van der Waals surface area contributed by atoms with Gasteiger partial charge in [0.05, 0.1) is 5.54 Å². The Morgan fingerprint density at radius 3 is 2.35 bits per heavy atom. The van der Waals surface area contributed by atoms with Crippen LogP contribution in [0.15, 0.2) is 24.3 Å². The molecule has 0 amide bonds. The summed E-state index contributed by atoms with van der Waals surface area (Å²) in [7, 11) is 0. The molecule has 0 heterocycles. The van der Waals surface area contributed by atoms with Crippen LogP contribution in [0.3, 0.4) is 0 Å². The van der Waals surface area contributed by atoms with Gasteiger partial charge in [-0.1, -0.05) is 0 Å². The summed E-state index contributed by atoms with van der Waals surface area (Å²) in [5.74, 6) is 0.489. The molecule has 1 aliphatic rings. The number of benzene rings is 1. The maximum absolute atomic E-state index is 13.0. The van der Waals surface area contributed by atoms with Gasteiger partial charge in [-0.15, -0.1) is 0 Å². The van der Waals surface area contributed by atoms with Crippen molar-refractivity contribution in [1.29, 1.82) is 0 Å². The lowest BCUT2D eigenvalue weighted by Gasteiger charge is -2.42. The highest BCUT2D eigenvalue weighted by atomic mass is 19.1. The Balaban J connectivity index is 2.28. The van der Waals surface area contributed by atoms with Crippen LogP contribution >= 0.6 is 0 Å². The average molecular weight is 236 g/mol. The predicted molar refractivity (Wildman–Crippen MR) is 69.6 cm³/mol. The molecule has 1 fully saturated rings. The molecule has 1 aromatic carbocycles. The number of hydrogen-bond acceptors (Lipinski definition) is 2. The second-order valence-electron chi connectivity index (χ2n) is 5.06. The first-order chi connectivity index (χ1) is 8.11. The maximum atomic E-state index is 13.0. The van der Waals surface area contributed by atoms with E-state index in [-0.39, 0.29) is 11.4 Å². The van der Waals surface area contributed by atoms with Gasteiger partial charge in [-0.2, -0.15) is 0 Å². The summed E-state index contributed by atoms with van der Waals surface area (Å²) in [4.78, 5) is 2.31. The third-order valence-corrected chi connectivity index (χ3v) is 3.94. The Morgan fingerprint density at radius 1 is 1.35 bits per heavy atom. The Kier molecular flexibility index (Phi) is 3.38. The van der Waals surface area contributed by atoms with E-state index < -0.39 is 0 Å². The number of likely N-dealkylation sites (N-methyl/N-ethyl adjacent to an activating group) is 1. The second kappa shape index (κ2) is 4.65. The van der Waals surface area contributed by atoms with Gasteiger partial charge in [0, 0.05) is 18.8 Å². The zero-order valence-corrected chi connectivity index (χ0v) is 10.6. The van der Waals surface area contributed by atoms with Gasteiger partial charge in [0.15, 0.2) is 0 Å². The molecule has 0 aromatic heterocycles. The van der Waals surface area contributed by atoms with Crippen molar-refractivity contribution in [2.45, 2.75) is 32.2 Å². The molecule has 94 valence electrons. The lowest BCUT2D eigenvalue weighted by Crippen LogP contribution is -2.53. The SMILES string of the molecule is CCN(c1ccc(F)cc1)C(C)(CN)C1CC1. The number of rotatable bonds is 5. The van der Waals surface area contributed by atoms with Crippen molar-refractivity contribution in [3.63, 3.8) is 0 Å². The van der Waals surface area contributed by atoms with Crippen molar-refractivity contribution in [2.24, 2.45) is 11.7 Å². The molecule has 2 rings (SSSR count). The van der Waals surface area contributed by atoms with Crippen molar-refractivity contribution in [3.05, 3.63) is 30.1 Å². The summed E-state index contributed by atoms with van der Waals surface area (Å²) in [6, 6.07) is 6.72. The highest BCUT2D eigenvalue weighted by molar-refractivity contribution is 5.49. The summed E-state index contributed by atoms with van der Waals surface area (Å²) in [5, 5.41) is 0. The highest BCUT2D eigenvalue weighted by Crippen LogP contribution is 2.43. The quantitative estimate of drug-likeness (QED) is 0.851. The van der Waals surface area contributed by atoms with Crippen molar-refractivity contribution >= 4 is 5.69 Å². The fourth-order valence-electron chi connectivity index (χ4n) is 2.66. The van der Waals surface area contributed by atoms with Crippen molar-refractivity contribution in [2.75, 3.05) is 18.0 Å². The number of nitrogens with zero attached hydrogens (tertiary/aromatic N) is 1. The summed E-state index contributed by atoms with van der Waals surface area (Å²) < 4.78 is 13.0. The fraction of sp³-hybridized carbons (Fsp3) is 0.571. The Morgan fingerprint density at radius 2 is 1.94 bits per heavy atom. The van der Waals surface area contributed by atoms with Gasteiger partial charge >= 0.3 is 0 Å². The summed E-state index contributed by atoms with van der Waals surface area (Å²) in [5.41, 5.74) is 7.05. The monoisotopic (exact) mass is 236 g/mol. The van der Waals surface area contributed by atoms with Crippen LogP contribution in [-0.4, -0.2) is 18.6 Å². The van der Waals surface area contributed by atoms with E-state index in [1.165, 1.54) is 25.0 Å². The van der Waals surface area contributed by atoms with Crippen LogP contribution in [0.2, 0.25) is 0 Å². The highest BCUT2D eigenvalue weighted by Gasteiger charge is 2.44. The van der Waals surface area contributed by atoms with Crippen molar-refractivity contribution in [1.82, 2.24) is 0 Å². The van der Waals surface area contributed by atoms with E-state index in [0.29, 0.717) is 12.5 Å². The number of halogens is 1. The molecule has 0 bridgehead atoms. The Labute approximate surface area is 103 Å². The van der Waals surface area contributed by atoms with Crippen LogP contribution in [0.4, 0.5) is 10.1 Å². The first-order valence-corrected chi connectivity index (χ1v) is 6.35. The zero-order chi connectivity index (χ0) is 12.5. The van der Waals surface area contributed by atoms with E-state index in [1.807, 2.05) is 12.1 Å². The van der Waals surface area contributed by atoms with Gasteiger partial charge in [-0.05, 0) is 56.9 Å². The zero-order valence-electron chi connectivity index (χ0n) is 10.6. The minimum Gasteiger partial charge on any atom is -0.365 e. The van der Waals surface area contributed by atoms with E-state index >= 15 is 0 Å². The molecule has 17 heavy (non-hydrogen) atoms. The van der Waals surface area contributed by atoms with Crippen LogP contribution < -0.4 is 10.6 Å². The van der Waals surface area contributed by atoms with Gasteiger partial charge in [-0.3, -0.25) is 0 Å². The first-order valence-electron chi connectivity index (χ1n) is 6.35. The lowest BCUT2D eigenvalue weighted by molar-refractivity contribution is 0.383. The Hall–Kier alpha value is -1.09. The minimum atomic E-state index is -0.189. The molecule has 1 unspecified atom stereocenters. The first kappa shape index (κ1) is 12.4. The topological polar surface area (TPSA) is 29.3 Å². The molecule has 1 saturated carbocycles. The second-order valence-corrected chi connectivity index (χ2v) is 5.06. The fourth-order valence-corrected chi connectivity index (χ4v) is 2.66. The van der Waals surface area contributed by atoms with Crippen LogP contribution in [0.1, 0.15) is 26.7 Å². The van der Waals surface area contributed by atoms with Gasteiger partial charge in [0.1, 0.15) is 5.82 Å². The third kappa shape index (κ3) is 2.29. The predicted octanol–water partition coefficient (Wildman–Crippen LogP) is 2.78.